The van der Waals surface area contributed by atoms with Crippen LogP contribution in [-0.2, 0) is 11.2 Å². The number of hydrogen-bond donors (Lipinski definition) is 0. The van der Waals surface area contributed by atoms with Crippen molar-refractivity contribution in [2.45, 2.75) is 32.2 Å². The van der Waals surface area contributed by atoms with E-state index in [-0.39, 0.29) is 37.0 Å². The van der Waals surface area contributed by atoms with Gasteiger partial charge in [-0.2, -0.15) is 0 Å². The molecule has 2 amide bonds. The van der Waals surface area contributed by atoms with E-state index >= 15 is 0 Å². The zero-order valence-electron chi connectivity index (χ0n) is 19.5. The zero-order valence-corrected chi connectivity index (χ0v) is 20.4. The van der Waals surface area contributed by atoms with E-state index in [9.17, 15) is 14.0 Å². The number of carbonyl (C=O) groups is 2. The fourth-order valence-corrected chi connectivity index (χ4v) is 5.56. The van der Waals surface area contributed by atoms with Crippen molar-refractivity contribution in [1.82, 2.24) is 9.80 Å². The topological polar surface area (TPSA) is 59.1 Å². The minimum Gasteiger partial charge on any atom is -0.454 e. The molecule has 0 aliphatic carbocycles. The van der Waals surface area contributed by atoms with Crippen LogP contribution in [0.3, 0.4) is 0 Å². The summed E-state index contributed by atoms with van der Waals surface area (Å²) >= 11 is 1.68. The molecule has 5 rings (SSSR count). The fraction of sp³-hybridized carbons (Fsp3) is 0.333. The molecule has 0 saturated carbocycles. The highest BCUT2D eigenvalue weighted by Crippen LogP contribution is 2.38. The predicted molar refractivity (Wildman–Crippen MR) is 131 cm³/mol. The second-order valence-corrected chi connectivity index (χ2v) is 9.74. The molecule has 1 atom stereocenters. The summed E-state index contributed by atoms with van der Waals surface area (Å²) in [5.41, 5.74) is 2.40. The molecule has 0 saturated heterocycles. The maximum Gasteiger partial charge on any atom is 0.254 e. The summed E-state index contributed by atoms with van der Waals surface area (Å²) in [5.74, 6) is 0.501. The molecule has 0 spiro atoms. The quantitative estimate of drug-likeness (QED) is 0.462. The SMILES string of the molecule is CCCCN(CC(=O)N1CCc2sccc2[C@@H]1c1ccc(F)cc1)C(=O)c1ccc2c(c1)OCO2. The van der Waals surface area contributed by atoms with E-state index < -0.39 is 0 Å². The van der Waals surface area contributed by atoms with E-state index in [1.807, 2.05) is 16.3 Å². The molecular formula is C27H27FN2O4S. The Morgan fingerprint density at radius 2 is 1.91 bits per heavy atom. The van der Waals surface area contributed by atoms with Crippen LogP contribution < -0.4 is 9.47 Å². The van der Waals surface area contributed by atoms with Gasteiger partial charge in [-0.15, -0.1) is 11.3 Å². The number of fused-ring (bicyclic) bond motifs is 2. The lowest BCUT2D eigenvalue weighted by molar-refractivity contribution is -0.134. The maximum atomic E-state index is 13.7. The molecule has 3 heterocycles. The minimum absolute atomic E-state index is 0.0234. The molecule has 182 valence electrons. The number of unbranched alkanes of at least 4 members (excludes halogenated alkanes) is 1. The number of thiophene rings is 1. The molecular weight excluding hydrogens is 467 g/mol. The van der Waals surface area contributed by atoms with Gasteiger partial charge in [0, 0.05) is 23.5 Å². The normalized spacial score (nSPS) is 16.2. The molecule has 0 radical (unpaired) electrons. The molecule has 2 aromatic carbocycles. The van der Waals surface area contributed by atoms with Crippen LogP contribution in [0.25, 0.3) is 0 Å². The van der Waals surface area contributed by atoms with Gasteiger partial charge in [-0.1, -0.05) is 25.5 Å². The van der Waals surface area contributed by atoms with Crippen LogP contribution in [0, 0.1) is 5.82 Å². The third-order valence-electron chi connectivity index (χ3n) is 6.49. The zero-order chi connectivity index (χ0) is 24.4. The van der Waals surface area contributed by atoms with Gasteiger partial charge in [0.2, 0.25) is 12.7 Å². The Labute approximate surface area is 207 Å². The van der Waals surface area contributed by atoms with Crippen LogP contribution in [0.2, 0.25) is 0 Å². The van der Waals surface area contributed by atoms with Crippen molar-refractivity contribution in [2.24, 2.45) is 0 Å². The molecule has 0 unspecified atom stereocenters. The summed E-state index contributed by atoms with van der Waals surface area (Å²) in [4.78, 5) is 31.8. The average molecular weight is 495 g/mol. The first-order valence-electron chi connectivity index (χ1n) is 11.8. The molecule has 8 heteroatoms. The minimum atomic E-state index is -0.312. The van der Waals surface area contributed by atoms with Crippen LogP contribution in [0.4, 0.5) is 4.39 Å². The number of hydrogen-bond acceptors (Lipinski definition) is 5. The Bertz CT molecular complexity index is 1230. The van der Waals surface area contributed by atoms with E-state index in [0.717, 1.165) is 30.4 Å². The summed E-state index contributed by atoms with van der Waals surface area (Å²) in [6, 6.07) is 13.2. The van der Waals surface area contributed by atoms with Crippen molar-refractivity contribution < 1.29 is 23.5 Å². The Morgan fingerprint density at radius 3 is 2.71 bits per heavy atom. The molecule has 2 aliphatic rings. The fourth-order valence-electron chi connectivity index (χ4n) is 4.66. The Morgan fingerprint density at radius 1 is 1.11 bits per heavy atom. The Hall–Kier alpha value is -3.39. The van der Waals surface area contributed by atoms with Crippen LogP contribution in [0.15, 0.2) is 53.9 Å². The van der Waals surface area contributed by atoms with E-state index in [1.54, 1.807) is 46.6 Å². The first kappa shape index (κ1) is 23.4. The van der Waals surface area contributed by atoms with Gasteiger partial charge in [0.05, 0.1) is 6.04 Å². The monoisotopic (exact) mass is 494 g/mol. The van der Waals surface area contributed by atoms with Crippen molar-refractivity contribution >= 4 is 23.2 Å². The summed E-state index contributed by atoms with van der Waals surface area (Å²) in [6.07, 6.45) is 2.46. The third kappa shape index (κ3) is 4.75. The van der Waals surface area contributed by atoms with Crippen LogP contribution in [0.5, 0.6) is 11.5 Å². The highest BCUT2D eigenvalue weighted by molar-refractivity contribution is 7.10. The summed E-state index contributed by atoms with van der Waals surface area (Å²) < 4.78 is 24.4. The van der Waals surface area contributed by atoms with Gasteiger partial charge >= 0.3 is 0 Å². The molecule has 2 aliphatic heterocycles. The van der Waals surface area contributed by atoms with Crippen LogP contribution in [0.1, 0.15) is 52.2 Å². The lowest BCUT2D eigenvalue weighted by Gasteiger charge is -2.37. The summed E-state index contributed by atoms with van der Waals surface area (Å²) in [6.45, 7) is 3.20. The Balaban J connectivity index is 1.40. The first-order valence-corrected chi connectivity index (χ1v) is 12.7. The van der Waals surface area contributed by atoms with Gasteiger partial charge < -0.3 is 19.3 Å². The number of amides is 2. The molecule has 3 aromatic rings. The molecule has 0 bridgehead atoms. The molecule has 0 N–H and O–H groups in total. The highest BCUT2D eigenvalue weighted by atomic mass is 32.1. The van der Waals surface area contributed by atoms with E-state index in [1.165, 1.54) is 17.0 Å². The number of rotatable bonds is 7. The van der Waals surface area contributed by atoms with E-state index in [0.29, 0.717) is 30.2 Å². The molecule has 0 fully saturated rings. The highest BCUT2D eigenvalue weighted by Gasteiger charge is 2.34. The molecule has 35 heavy (non-hydrogen) atoms. The van der Waals surface area contributed by atoms with Crippen LogP contribution in [-0.4, -0.2) is 48.0 Å². The first-order chi connectivity index (χ1) is 17.0. The summed E-state index contributed by atoms with van der Waals surface area (Å²) in [7, 11) is 0. The number of benzene rings is 2. The number of carbonyl (C=O) groups excluding carboxylic acids is 2. The number of halogens is 1. The molecule has 6 nitrogen and oxygen atoms in total. The average Bonchev–Trinajstić information content (AvgIpc) is 3.55. The maximum absolute atomic E-state index is 13.7. The number of ether oxygens (including phenoxy) is 2. The van der Waals surface area contributed by atoms with Crippen molar-refractivity contribution in [3.63, 3.8) is 0 Å². The van der Waals surface area contributed by atoms with Crippen molar-refractivity contribution in [2.75, 3.05) is 26.4 Å². The predicted octanol–water partition coefficient (Wildman–Crippen LogP) is 5.03. The smallest absolute Gasteiger partial charge is 0.254 e. The lowest BCUT2D eigenvalue weighted by atomic mass is 9.93. The van der Waals surface area contributed by atoms with Crippen molar-refractivity contribution in [1.29, 1.82) is 0 Å². The van der Waals surface area contributed by atoms with Gasteiger partial charge in [0.1, 0.15) is 12.4 Å². The van der Waals surface area contributed by atoms with Gasteiger partial charge in [-0.25, -0.2) is 4.39 Å². The van der Waals surface area contributed by atoms with Crippen molar-refractivity contribution in [3.8, 4) is 11.5 Å². The lowest BCUT2D eigenvalue weighted by Crippen LogP contribution is -2.47. The van der Waals surface area contributed by atoms with Crippen molar-refractivity contribution in [3.05, 3.63) is 81.3 Å². The van der Waals surface area contributed by atoms with Gasteiger partial charge in [0.25, 0.3) is 5.91 Å². The van der Waals surface area contributed by atoms with Gasteiger partial charge in [-0.05, 0) is 65.7 Å². The number of nitrogens with zero attached hydrogens (tertiary/aromatic N) is 2. The molecule has 1 aromatic heterocycles. The second kappa shape index (κ2) is 10.1. The van der Waals surface area contributed by atoms with Gasteiger partial charge in [0.15, 0.2) is 11.5 Å². The van der Waals surface area contributed by atoms with E-state index in [2.05, 4.69) is 6.92 Å². The van der Waals surface area contributed by atoms with Gasteiger partial charge in [-0.3, -0.25) is 9.59 Å². The Kier molecular flexibility index (Phi) is 6.72. The van der Waals surface area contributed by atoms with E-state index in [4.69, 9.17) is 9.47 Å². The third-order valence-corrected chi connectivity index (χ3v) is 7.48. The standard InChI is InChI=1S/C27H27FN2O4S/c1-2-3-12-29(27(32)19-6-9-22-23(15-19)34-17-33-22)16-25(31)30-13-10-24-21(11-14-35-24)26(30)18-4-7-20(28)8-5-18/h4-9,11,14-15,26H,2-3,10,12-13,16-17H2,1H3/t26-/m0/s1. The second-order valence-electron chi connectivity index (χ2n) is 8.74. The van der Waals surface area contributed by atoms with Crippen LogP contribution >= 0.6 is 11.3 Å². The largest absolute Gasteiger partial charge is 0.454 e. The summed E-state index contributed by atoms with van der Waals surface area (Å²) in [5, 5.41) is 2.03.